The summed E-state index contributed by atoms with van der Waals surface area (Å²) in [6, 6.07) is 0. The van der Waals surface area contributed by atoms with Gasteiger partial charge in [0.05, 0.1) is 0 Å². The van der Waals surface area contributed by atoms with Gasteiger partial charge in [-0.3, -0.25) is 4.79 Å². The van der Waals surface area contributed by atoms with Crippen LogP contribution in [0.5, 0.6) is 0 Å². The third-order valence-electron chi connectivity index (χ3n) is 2.88. The van der Waals surface area contributed by atoms with Crippen LogP contribution in [0.4, 0.5) is 0 Å². The second-order valence-corrected chi connectivity index (χ2v) is 4.84. The topological polar surface area (TPSA) is 17.1 Å². The molecule has 0 N–H and O–H groups in total. The SMILES string of the molecule is CCCCCCCCCCC(C)C(=O)Cl. The van der Waals surface area contributed by atoms with E-state index in [4.69, 9.17) is 11.6 Å². The molecule has 0 heterocycles. The van der Waals surface area contributed by atoms with Crippen molar-refractivity contribution in [1.82, 2.24) is 0 Å². The zero-order valence-electron chi connectivity index (χ0n) is 10.2. The van der Waals surface area contributed by atoms with Gasteiger partial charge in [0.2, 0.25) is 5.24 Å². The van der Waals surface area contributed by atoms with E-state index in [1.54, 1.807) is 0 Å². The van der Waals surface area contributed by atoms with Crippen molar-refractivity contribution in [1.29, 1.82) is 0 Å². The van der Waals surface area contributed by atoms with Gasteiger partial charge in [0, 0.05) is 5.92 Å². The third kappa shape index (κ3) is 10.2. The molecule has 0 amide bonds. The van der Waals surface area contributed by atoms with Gasteiger partial charge in [-0.2, -0.15) is 0 Å². The fraction of sp³-hybridized carbons (Fsp3) is 0.923. The lowest BCUT2D eigenvalue weighted by molar-refractivity contribution is -0.114. The molecule has 0 radical (unpaired) electrons. The fourth-order valence-corrected chi connectivity index (χ4v) is 1.81. The van der Waals surface area contributed by atoms with Crippen molar-refractivity contribution in [3.8, 4) is 0 Å². The molecular formula is C13H25ClO. The van der Waals surface area contributed by atoms with Gasteiger partial charge in [0.1, 0.15) is 0 Å². The maximum Gasteiger partial charge on any atom is 0.224 e. The highest BCUT2D eigenvalue weighted by Crippen LogP contribution is 2.14. The monoisotopic (exact) mass is 232 g/mol. The van der Waals surface area contributed by atoms with Crippen LogP contribution in [0.15, 0.2) is 0 Å². The molecule has 0 aromatic carbocycles. The lowest BCUT2D eigenvalue weighted by atomic mass is 10.0. The molecule has 2 heteroatoms. The molecule has 0 fully saturated rings. The summed E-state index contributed by atoms with van der Waals surface area (Å²) >= 11 is 5.39. The molecule has 0 aliphatic rings. The Labute approximate surface area is 99.6 Å². The van der Waals surface area contributed by atoms with Crippen molar-refractivity contribution in [3.63, 3.8) is 0 Å². The van der Waals surface area contributed by atoms with Gasteiger partial charge >= 0.3 is 0 Å². The predicted octanol–water partition coefficient (Wildman–Crippen LogP) is 4.92. The number of unbranched alkanes of at least 4 members (excludes halogenated alkanes) is 7. The maximum absolute atomic E-state index is 10.7. The summed E-state index contributed by atoms with van der Waals surface area (Å²) in [6.45, 7) is 4.15. The Kier molecular flexibility index (Phi) is 10.4. The van der Waals surface area contributed by atoms with Crippen LogP contribution < -0.4 is 0 Å². The molecule has 15 heavy (non-hydrogen) atoms. The van der Waals surface area contributed by atoms with E-state index in [0.717, 1.165) is 12.8 Å². The molecule has 0 aromatic heterocycles. The van der Waals surface area contributed by atoms with E-state index in [1.165, 1.54) is 44.9 Å². The van der Waals surface area contributed by atoms with Crippen LogP contribution in [0.2, 0.25) is 0 Å². The number of hydrogen-bond donors (Lipinski definition) is 0. The van der Waals surface area contributed by atoms with Gasteiger partial charge in [0.15, 0.2) is 0 Å². The minimum atomic E-state index is -0.182. The molecule has 0 rings (SSSR count). The Bertz CT molecular complexity index is 157. The van der Waals surface area contributed by atoms with E-state index in [1.807, 2.05) is 6.92 Å². The summed E-state index contributed by atoms with van der Waals surface area (Å²) in [5.41, 5.74) is 0. The van der Waals surface area contributed by atoms with Crippen LogP contribution in [-0.2, 0) is 4.79 Å². The quantitative estimate of drug-likeness (QED) is 0.386. The highest BCUT2D eigenvalue weighted by Gasteiger charge is 2.08. The van der Waals surface area contributed by atoms with Crippen molar-refractivity contribution in [2.75, 3.05) is 0 Å². The lowest BCUT2D eigenvalue weighted by Gasteiger charge is -2.05. The fourth-order valence-electron chi connectivity index (χ4n) is 1.70. The molecular weight excluding hydrogens is 208 g/mol. The summed E-state index contributed by atoms with van der Waals surface area (Å²) in [6.07, 6.45) is 11.5. The summed E-state index contributed by atoms with van der Waals surface area (Å²) in [7, 11) is 0. The Balaban J connectivity index is 3.08. The van der Waals surface area contributed by atoms with Crippen molar-refractivity contribution in [2.45, 2.75) is 71.6 Å². The van der Waals surface area contributed by atoms with Crippen LogP contribution in [0.1, 0.15) is 71.6 Å². The van der Waals surface area contributed by atoms with Gasteiger partial charge in [0.25, 0.3) is 0 Å². The molecule has 1 unspecified atom stereocenters. The Morgan fingerprint density at radius 3 is 1.93 bits per heavy atom. The van der Waals surface area contributed by atoms with Crippen molar-refractivity contribution >= 4 is 16.8 Å². The van der Waals surface area contributed by atoms with Crippen LogP contribution in [0, 0.1) is 5.92 Å². The number of carbonyl (C=O) groups is 1. The molecule has 0 saturated carbocycles. The van der Waals surface area contributed by atoms with Crippen LogP contribution >= 0.6 is 11.6 Å². The first-order valence-corrected chi connectivity index (χ1v) is 6.75. The minimum Gasteiger partial charge on any atom is -0.281 e. The average Bonchev–Trinajstić information content (AvgIpc) is 2.21. The van der Waals surface area contributed by atoms with E-state index in [2.05, 4.69) is 6.92 Å². The van der Waals surface area contributed by atoms with Crippen LogP contribution in [0.25, 0.3) is 0 Å². The normalized spacial score (nSPS) is 12.7. The smallest absolute Gasteiger partial charge is 0.224 e. The van der Waals surface area contributed by atoms with Gasteiger partial charge in [-0.05, 0) is 18.0 Å². The first-order valence-electron chi connectivity index (χ1n) is 6.37. The summed E-state index contributed by atoms with van der Waals surface area (Å²) in [5, 5.41) is -0.182. The van der Waals surface area contributed by atoms with E-state index in [-0.39, 0.29) is 11.2 Å². The summed E-state index contributed by atoms with van der Waals surface area (Å²) < 4.78 is 0. The maximum atomic E-state index is 10.7. The van der Waals surface area contributed by atoms with E-state index in [0.29, 0.717) is 0 Å². The number of hydrogen-bond acceptors (Lipinski definition) is 1. The Hall–Kier alpha value is -0.0400. The van der Waals surface area contributed by atoms with Gasteiger partial charge < -0.3 is 0 Å². The van der Waals surface area contributed by atoms with Gasteiger partial charge in [-0.1, -0.05) is 65.2 Å². The standard InChI is InChI=1S/C13H25ClO/c1-3-4-5-6-7-8-9-10-11-12(2)13(14)15/h12H,3-11H2,1-2H3. The molecule has 0 spiro atoms. The zero-order chi connectivity index (χ0) is 11.5. The Morgan fingerprint density at radius 1 is 1.00 bits per heavy atom. The molecule has 90 valence electrons. The molecule has 1 nitrogen and oxygen atoms in total. The summed E-state index contributed by atoms with van der Waals surface area (Å²) in [5.74, 6) is 0.0479. The molecule has 0 bridgehead atoms. The molecule has 1 atom stereocenters. The van der Waals surface area contributed by atoms with Gasteiger partial charge in [-0.15, -0.1) is 0 Å². The first-order chi connectivity index (χ1) is 7.18. The first kappa shape index (κ1) is 15.0. The van der Waals surface area contributed by atoms with Crippen LogP contribution in [0.3, 0.4) is 0 Å². The molecule has 0 aliphatic carbocycles. The Morgan fingerprint density at radius 2 is 1.47 bits per heavy atom. The van der Waals surface area contributed by atoms with Crippen molar-refractivity contribution in [3.05, 3.63) is 0 Å². The van der Waals surface area contributed by atoms with Crippen LogP contribution in [-0.4, -0.2) is 5.24 Å². The molecule has 0 saturated heterocycles. The molecule has 0 aliphatic heterocycles. The number of halogens is 1. The van der Waals surface area contributed by atoms with E-state index < -0.39 is 0 Å². The van der Waals surface area contributed by atoms with Crippen molar-refractivity contribution in [2.24, 2.45) is 5.92 Å². The second kappa shape index (κ2) is 10.5. The second-order valence-electron chi connectivity index (χ2n) is 4.47. The zero-order valence-corrected chi connectivity index (χ0v) is 11.0. The van der Waals surface area contributed by atoms with E-state index >= 15 is 0 Å². The number of rotatable bonds is 10. The summed E-state index contributed by atoms with van der Waals surface area (Å²) in [4.78, 5) is 10.7. The lowest BCUT2D eigenvalue weighted by Crippen LogP contribution is -2.02. The predicted molar refractivity (Wildman–Crippen MR) is 67.3 cm³/mol. The van der Waals surface area contributed by atoms with E-state index in [9.17, 15) is 4.79 Å². The molecule has 0 aromatic rings. The van der Waals surface area contributed by atoms with Crippen molar-refractivity contribution < 1.29 is 4.79 Å². The largest absolute Gasteiger partial charge is 0.281 e. The third-order valence-corrected chi connectivity index (χ3v) is 3.25. The minimum absolute atomic E-state index is 0.0479. The highest BCUT2D eigenvalue weighted by atomic mass is 35.5. The highest BCUT2D eigenvalue weighted by molar-refractivity contribution is 6.63. The average molecular weight is 233 g/mol. The number of carbonyl (C=O) groups excluding carboxylic acids is 1. The van der Waals surface area contributed by atoms with Gasteiger partial charge in [-0.25, -0.2) is 0 Å².